The molecule has 2 unspecified atom stereocenters. The molecule has 1 spiro atoms. The van der Waals surface area contributed by atoms with Gasteiger partial charge in [0.2, 0.25) is 0 Å². The zero-order valence-corrected chi connectivity index (χ0v) is 14.4. The molecule has 3 N–H and O–H groups in total. The summed E-state index contributed by atoms with van der Waals surface area (Å²) in [5.41, 5.74) is 2.62. The first-order valence-corrected chi connectivity index (χ1v) is 9.52. The lowest BCUT2D eigenvalue weighted by Gasteiger charge is -2.61. The Morgan fingerprint density at radius 3 is 2.92 bits per heavy atom. The molecule has 5 rings (SSSR count). The molecule has 4 nitrogen and oxygen atoms in total. The van der Waals surface area contributed by atoms with E-state index < -0.39 is 0 Å². The lowest BCUT2D eigenvalue weighted by atomic mass is 9.49. The molecule has 0 bridgehead atoms. The van der Waals surface area contributed by atoms with Gasteiger partial charge in [-0.2, -0.15) is 0 Å². The molecule has 4 heteroatoms. The van der Waals surface area contributed by atoms with Crippen LogP contribution in [-0.4, -0.2) is 53.0 Å². The molecule has 2 saturated heterocycles. The first-order valence-electron chi connectivity index (χ1n) is 9.52. The SMILES string of the molecule is C[C@@H](O)[C@]12CCCN3CC[C@@]4(c5ccccc5NC4C(CO)C1)[C@@H]32. The fraction of sp³-hybridized carbons (Fsp3) is 0.700. The fourth-order valence-corrected chi connectivity index (χ4v) is 7.01. The lowest BCUT2D eigenvalue weighted by molar-refractivity contribution is -0.120. The summed E-state index contributed by atoms with van der Waals surface area (Å²) in [5, 5.41) is 24.8. The molecule has 24 heavy (non-hydrogen) atoms. The summed E-state index contributed by atoms with van der Waals surface area (Å²) in [6, 6.07) is 9.40. The average Bonchev–Trinajstić information content (AvgIpc) is 3.15. The Balaban J connectivity index is 1.75. The summed E-state index contributed by atoms with van der Waals surface area (Å²) in [6.45, 7) is 4.45. The third-order valence-corrected chi connectivity index (χ3v) is 7.77. The molecule has 3 fully saturated rings. The number of hydrogen-bond donors (Lipinski definition) is 3. The highest BCUT2D eigenvalue weighted by atomic mass is 16.3. The molecule has 1 saturated carbocycles. The average molecular weight is 328 g/mol. The van der Waals surface area contributed by atoms with Crippen molar-refractivity contribution in [2.45, 2.75) is 56.2 Å². The molecule has 3 aliphatic heterocycles. The predicted molar refractivity (Wildman–Crippen MR) is 94.0 cm³/mol. The smallest absolute Gasteiger partial charge is 0.0583 e. The number of piperidine rings is 1. The van der Waals surface area contributed by atoms with Crippen LogP contribution in [-0.2, 0) is 5.41 Å². The minimum atomic E-state index is -0.331. The van der Waals surface area contributed by atoms with Crippen LogP contribution >= 0.6 is 0 Å². The number of nitrogens with one attached hydrogen (secondary N) is 1. The Hall–Kier alpha value is -1.10. The molecule has 1 aliphatic carbocycles. The molecule has 1 aromatic rings. The second-order valence-corrected chi connectivity index (χ2v) is 8.56. The van der Waals surface area contributed by atoms with Crippen LogP contribution < -0.4 is 5.32 Å². The summed E-state index contributed by atoms with van der Waals surface area (Å²) in [7, 11) is 0. The fourth-order valence-electron chi connectivity index (χ4n) is 7.01. The van der Waals surface area contributed by atoms with Crippen molar-refractivity contribution in [2.24, 2.45) is 11.3 Å². The minimum absolute atomic E-state index is 0.0413. The number of hydrogen-bond acceptors (Lipinski definition) is 4. The highest BCUT2D eigenvalue weighted by Crippen LogP contribution is 2.65. The van der Waals surface area contributed by atoms with E-state index in [1.807, 2.05) is 6.92 Å². The largest absolute Gasteiger partial charge is 0.396 e. The van der Waals surface area contributed by atoms with Gasteiger partial charge in [0.1, 0.15) is 0 Å². The van der Waals surface area contributed by atoms with Crippen molar-refractivity contribution in [1.29, 1.82) is 0 Å². The summed E-state index contributed by atoms with van der Waals surface area (Å²) >= 11 is 0. The normalized spacial score (nSPS) is 44.4. The van der Waals surface area contributed by atoms with E-state index >= 15 is 0 Å². The second-order valence-electron chi connectivity index (χ2n) is 8.56. The van der Waals surface area contributed by atoms with Crippen LogP contribution in [0.3, 0.4) is 0 Å². The van der Waals surface area contributed by atoms with E-state index in [0.29, 0.717) is 12.1 Å². The minimum Gasteiger partial charge on any atom is -0.396 e. The van der Waals surface area contributed by atoms with E-state index in [-0.39, 0.29) is 29.5 Å². The van der Waals surface area contributed by atoms with Gasteiger partial charge in [0.25, 0.3) is 0 Å². The molecule has 3 heterocycles. The van der Waals surface area contributed by atoms with Gasteiger partial charge in [-0.25, -0.2) is 0 Å². The van der Waals surface area contributed by atoms with Gasteiger partial charge < -0.3 is 15.5 Å². The van der Waals surface area contributed by atoms with Crippen molar-refractivity contribution in [3.8, 4) is 0 Å². The van der Waals surface area contributed by atoms with E-state index in [1.54, 1.807) is 0 Å². The van der Waals surface area contributed by atoms with Gasteiger partial charge in [-0.1, -0.05) is 18.2 Å². The van der Waals surface area contributed by atoms with Crippen LogP contribution in [0.4, 0.5) is 5.69 Å². The Kier molecular flexibility index (Phi) is 3.14. The number of rotatable bonds is 2. The highest BCUT2D eigenvalue weighted by Gasteiger charge is 2.69. The van der Waals surface area contributed by atoms with Gasteiger partial charge >= 0.3 is 0 Å². The van der Waals surface area contributed by atoms with Crippen molar-refractivity contribution in [1.82, 2.24) is 4.90 Å². The zero-order chi connectivity index (χ0) is 16.5. The molecule has 1 aromatic carbocycles. The van der Waals surface area contributed by atoms with Crippen molar-refractivity contribution in [2.75, 3.05) is 25.0 Å². The van der Waals surface area contributed by atoms with Gasteiger partial charge in [0.15, 0.2) is 0 Å². The molecule has 130 valence electrons. The molecular weight excluding hydrogens is 300 g/mol. The lowest BCUT2D eigenvalue weighted by Crippen LogP contribution is -2.69. The quantitative estimate of drug-likeness (QED) is 0.777. The van der Waals surface area contributed by atoms with E-state index in [0.717, 1.165) is 38.8 Å². The summed E-state index contributed by atoms with van der Waals surface area (Å²) < 4.78 is 0. The first-order chi connectivity index (χ1) is 11.6. The number of para-hydroxylation sites is 1. The van der Waals surface area contributed by atoms with Gasteiger partial charge in [0.05, 0.1) is 6.10 Å². The Morgan fingerprint density at radius 2 is 2.12 bits per heavy atom. The van der Waals surface area contributed by atoms with E-state index in [9.17, 15) is 10.2 Å². The number of anilines is 1. The molecule has 4 aliphatic rings. The van der Waals surface area contributed by atoms with Crippen LogP contribution in [0.1, 0.15) is 38.2 Å². The molecule has 0 aromatic heterocycles. The Bertz CT molecular complexity index is 663. The molecule has 0 radical (unpaired) electrons. The third kappa shape index (κ3) is 1.60. The van der Waals surface area contributed by atoms with Gasteiger partial charge in [0, 0.05) is 41.1 Å². The maximum atomic E-state index is 10.9. The topological polar surface area (TPSA) is 55.7 Å². The number of aliphatic hydroxyl groups excluding tert-OH is 2. The molecular formula is C20H28N2O2. The maximum absolute atomic E-state index is 10.9. The summed E-state index contributed by atoms with van der Waals surface area (Å²) in [4.78, 5) is 2.65. The number of benzene rings is 1. The van der Waals surface area contributed by atoms with Crippen LogP contribution in [0, 0.1) is 11.3 Å². The number of nitrogens with zero attached hydrogens (tertiary/aromatic N) is 1. The summed E-state index contributed by atoms with van der Waals surface area (Å²) in [5.74, 6) is 0.210. The second kappa shape index (κ2) is 4.96. The van der Waals surface area contributed by atoms with E-state index in [1.165, 1.54) is 11.3 Å². The zero-order valence-electron chi connectivity index (χ0n) is 14.4. The van der Waals surface area contributed by atoms with E-state index in [2.05, 4.69) is 34.5 Å². The standard InChI is InChI=1S/C20H28N2O2/c1-13(24)19-7-4-9-22-10-8-20(18(19)22)15-5-2-3-6-16(15)21-17(20)14(11-19)12-23/h2-3,5-6,13-14,17-18,21,23-24H,4,7-12H2,1H3/t13-,14?,17?,18+,19+,20+/m1/s1. The van der Waals surface area contributed by atoms with Crippen LogP contribution in [0.5, 0.6) is 0 Å². The molecule has 0 amide bonds. The monoisotopic (exact) mass is 328 g/mol. The van der Waals surface area contributed by atoms with Crippen LogP contribution in [0.25, 0.3) is 0 Å². The van der Waals surface area contributed by atoms with Crippen molar-refractivity contribution in [3.63, 3.8) is 0 Å². The number of aliphatic hydroxyl groups is 2. The third-order valence-electron chi connectivity index (χ3n) is 7.77. The van der Waals surface area contributed by atoms with Crippen molar-refractivity contribution in [3.05, 3.63) is 29.8 Å². The predicted octanol–water partition coefficient (Wildman–Crippen LogP) is 1.97. The highest BCUT2D eigenvalue weighted by molar-refractivity contribution is 5.65. The van der Waals surface area contributed by atoms with Gasteiger partial charge in [-0.3, -0.25) is 4.90 Å². The van der Waals surface area contributed by atoms with Crippen molar-refractivity contribution >= 4 is 5.69 Å². The van der Waals surface area contributed by atoms with Crippen LogP contribution in [0.15, 0.2) is 24.3 Å². The molecule has 6 atom stereocenters. The maximum Gasteiger partial charge on any atom is 0.0583 e. The Labute approximate surface area is 143 Å². The van der Waals surface area contributed by atoms with Crippen molar-refractivity contribution < 1.29 is 10.2 Å². The van der Waals surface area contributed by atoms with E-state index in [4.69, 9.17) is 0 Å². The van der Waals surface area contributed by atoms with Crippen LogP contribution in [0.2, 0.25) is 0 Å². The summed E-state index contributed by atoms with van der Waals surface area (Å²) in [6.07, 6.45) is 3.98. The first kappa shape index (κ1) is 15.2. The Morgan fingerprint density at radius 1 is 1.29 bits per heavy atom. The van der Waals surface area contributed by atoms with Gasteiger partial charge in [-0.15, -0.1) is 0 Å². The number of fused-ring (bicyclic) bond motifs is 1. The van der Waals surface area contributed by atoms with Gasteiger partial charge in [-0.05, 0) is 57.3 Å².